The highest BCUT2D eigenvalue weighted by atomic mass is 79.9. The lowest BCUT2D eigenvalue weighted by Crippen LogP contribution is -2.36. The van der Waals surface area contributed by atoms with Crippen molar-refractivity contribution in [3.63, 3.8) is 0 Å². The minimum Gasteiger partial charge on any atom is -0.496 e. The van der Waals surface area contributed by atoms with E-state index in [4.69, 9.17) is 28.6 Å². The number of methoxy groups -OCH3 is 1. The Bertz CT molecular complexity index is 932. The predicted octanol–water partition coefficient (Wildman–Crippen LogP) is 5.54. The first-order valence-corrected chi connectivity index (χ1v) is 11.0. The molecule has 1 aliphatic heterocycles. The number of amides is 1. The Hall–Kier alpha value is -1.83. The number of piperidine rings is 1. The molecule has 0 unspecified atom stereocenters. The van der Waals surface area contributed by atoms with Crippen molar-refractivity contribution in [3.8, 4) is 5.75 Å². The molecule has 1 aliphatic rings. The second-order valence-corrected chi connectivity index (χ2v) is 8.63. The molecule has 0 radical (unpaired) electrons. The molecule has 2 N–H and O–H groups in total. The van der Waals surface area contributed by atoms with Gasteiger partial charge in [0, 0.05) is 17.6 Å². The number of hydrogen-bond donors (Lipinski definition) is 2. The topological polar surface area (TPSA) is 53.6 Å². The molecule has 1 heterocycles. The fraction of sp³-hybridized carbons (Fsp3) is 0.333. The standard InChI is InChI=1S/C21H23BrClN3O2S/c1-13-11-14(22)12-15(19(13)28-2)20(27)25-21(29)24-17-8-6-7-16(23)18(17)26-9-4-3-5-10-26/h6-8,11-12H,3-5,9-10H2,1-2H3,(H2,24,25,27,29). The smallest absolute Gasteiger partial charge is 0.261 e. The average Bonchev–Trinajstić information content (AvgIpc) is 2.68. The molecule has 154 valence electrons. The fourth-order valence-electron chi connectivity index (χ4n) is 3.55. The lowest BCUT2D eigenvalue weighted by molar-refractivity contribution is 0.0974. The van der Waals surface area contributed by atoms with Gasteiger partial charge in [-0.25, -0.2) is 0 Å². The van der Waals surface area contributed by atoms with Gasteiger partial charge in [-0.15, -0.1) is 0 Å². The number of para-hydroxylation sites is 1. The highest BCUT2D eigenvalue weighted by molar-refractivity contribution is 9.10. The van der Waals surface area contributed by atoms with Gasteiger partial charge in [-0.2, -0.15) is 0 Å². The van der Waals surface area contributed by atoms with E-state index in [0.717, 1.165) is 47.3 Å². The van der Waals surface area contributed by atoms with E-state index in [1.165, 1.54) is 6.42 Å². The van der Waals surface area contributed by atoms with E-state index in [2.05, 4.69) is 31.5 Å². The fourth-order valence-corrected chi connectivity index (χ4v) is 4.62. The van der Waals surface area contributed by atoms with Crippen molar-refractivity contribution in [3.05, 3.63) is 51.0 Å². The van der Waals surface area contributed by atoms with Crippen molar-refractivity contribution in [2.45, 2.75) is 26.2 Å². The van der Waals surface area contributed by atoms with Crippen molar-refractivity contribution in [1.82, 2.24) is 5.32 Å². The van der Waals surface area contributed by atoms with Crippen molar-refractivity contribution < 1.29 is 9.53 Å². The summed E-state index contributed by atoms with van der Waals surface area (Å²) in [6, 6.07) is 9.25. The number of nitrogens with one attached hydrogen (secondary N) is 2. The molecular formula is C21H23BrClN3O2S. The number of halogens is 2. The number of carbonyl (C=O) groups is 1. The first-order valence-electron chi connectivity index (χ1n) is 9.40. The van der Waals surface area contributed by atoms with Gasteiger partial charge in [0.15, 0.2) is 5.11 Å². The van der Waals surface area contributed by atoms with Crippen molar-refractivity contribution in [2.24, 2.45) is 0 Å². The number of ether oxygens (including phenoxy) is 1. The van der Waals surface area contributed by atoms with Gasteiger partial charge in [-0.1, -0.05) is 33.6 Å². The number of nitrogens with zero attached hydrogens (tertiary/aromatic N) is 1. The van der Waals surface area contributed by atoms with Crippen LogP contribution < -0.4 is 20.3 Å². The first kappa shape index (κ1) is 21.9. The molecule has 1 saturated heterocycles. The first-order chi connectivity index (χ1) is 13.9. The van der Waals surface area contributed by atoms with E-state index in [0.29, 0.717) is 16.3 Å². The molecular weight excluding hydrogens is 474 g/mol. The molecule has 5 nitrogen and oxygen atoms in total. The minimum atomic E-state index is -0.342. The third-order valence-corrected chi connectivity index (χ3v) is 5.79. The number of carbonyl (C=O) groups excluding carboxylic acids is 1. The molecule has 0 atom stereocenters. The molecule has 0 bridgehead atoms. The SMILES string of the molecule is COc1c(C)cc(Br)cc1C(=O)NC(=S)Nc1cccc(Cl)c1N1CCCCC1. The molecule has 0 aromatic heterocycles. The van der Waals surface area contributed by atoms with Gasteiger partial charge >= 0.3 is 0 Å². The zero-order valence-corrected chi connectivity index (χ0v) is 19.5. The number of benzene rings is 2. The van der Waals surface area contributed by atoms with Crippen molar-refractivity contribution in [1.29, 1.82) is 0 Å². The Morgan fingerprint density at radius 3 is 2.66 bits per heavy atom. The maximum absolute atomic E-state index is 12.8. The minimum absolute atomic E-state index is 0.204. The highest BCUT2D eigenvalue weighted by Crippen LogP contribution is 2.35. The molecule has 0 spiro atoms. The van der Waals surface area contributed by atoms with Gasteiger partial charge in [0.25, 0.3) is 5.91 Å². The molecule has 0 saturated carbocycles. The quantitative estimate of drug-likeness (QED) is 0.545. The third kappa shape index (κ3) is 5.21. The Balaban J connectivity index is 1.78. The number of hydrogen-bond acceptors (Lipinski definition) is 4. The Morgan fingerprint density at radius 2 is 1.97 bits per heavy atom. The number of aryl methyl sites for hydroxylation is 1. The van der Waals surface area contributed by atoms with Gasteiger partial charge in [-0.3, -0.25) is 10.1 Å². The molecule has 0 aliphatic carbocycles. The average molecular weight is 497 g/mol. The van der Waals surface area contributed by atoms with Crippen LogP contribution in [-0.2, 0) is 0 Å². The van der Waals surface area contributed by atoms with Crippen molar-refractivity contribution >= 4 is 62.1 Å². The maximum atomic E-state index is 12.8. The van der Waals surface area contributed by atoms with Crippen LogP contribution in [0.3, 0.4) is 0 Å². The summed E-state index contributed by atoms with van der Waals surface area (Å²) in [5, 5.41) is 6.75. The molecule has 1 fully saturated rings. The van der Waals surface area contributed by atoms with Gasteiger partial charge in [0.1, 0.15) is 5.75 Å². The molecule has 29 heavy (non-hydrogen) atoms. The lowest BCUT2D eigenvalue weighted by Gasteiger charge is -2.31. The summed E-state index contributed by atoms with van der Waals surface area (Å²) >= 11 is 15.3. The second kappa shape index (κ2) is 9.78. The van der Waals surface area contributed by atoms with Crippen LogP contribution in [0.4, 0.5) is 11.4 Å². The summed E-state index contributed by atoms with van der Waals surface area (Å²) in [5.41, 5.74) is 2.96. The summed E-state index contributed by atoms with van der Waals surface area (Å²) in [4.78, 5) is 15.1. The largest absolute Gasteiger partial charge is 0.496 e. The third-order valence-electron chi connectivity index (χ3n) is 4.82. The van der Waals surface area contributed by atoms with Crippen LogP contribution in [0, 0.1) is 6.92 Å². The second-order valence-electron chi connectivity index (χ2n) is 6.90. The van der Waals surface area contributed by atoms with Crippen LogP contribution >= 0.6 is 39.7 Å². The monoisotopic (exact) mass is 495 g/mol. The summed E-state index contributed by atoms with van der Waals surface area (Å²) in [6.45, 7) is 3.78. The van der Waals surface area contributed by atoms with E-state index >= 15 is 0 Å². The number of thiocarbonyl (C=S) groups is 1. The molecule has 2 aromatic carbocycles. The number of anilines is 2. The molecule has 3 rings (SSSR count). The zero-order chi connectivity index (χ0) is 21.0. The maximum Gasteiger partial charge on any atom is 0.261 e. The summed E-state index contributed by atoms with van der Waals surface area (Å²) < 4.78 is 6.19. The van der Waals surface area contributed by atoms with Gasteiger partial charge in [0.05, 0.1) is 29.1 Å². The van der Waals surface area contributed by atoms with Crippen LogP contribution in [0.5, 0.6) is 5.75 Å². The van der Waals surface area contributed by atoms with Gasteiger partial charge in [-0.05, 0) is 68.2 Å². The Morgan fingerprint density at radius 1 is 1.24 bits per heavy atom. The highest BCUT2D eigenvalue weighted by Gasteiger charge is 2.20. The molecule has 8 heteroatoms. The van der Waals surface area contributed by atoms with Crippen LogP contribution in [0.2, 0.25) is 5.02 Å². The molecule has 1 amide bonds. The molecule has 2 aromatic rings. The summed E-state index contributed by atoms with van der Waals surface area (Å²) in [7, 11) is 1.54. The predicted molar refractivity (Wildman–Crippen MR) is 127 cm³/mol. The van der Waals surface area contributed by atoms with E-state index in [-0.39, 0.29) is 11.0 Å². The zero-order valence-electron chi connectivity index (χ0n) is 16.4. The summed E-state index contributed by atoms with van der Waals surface area (Å²) in [5.74, 6) is 0.176. The van der Waals surface area contributed by atoms with Crippen molar-refractivity contribution in [2.75, 3.05) is 30.4 Å². The van der Waals surface area contributed by atoms with Crippen LogP contribution in [0.15, 0.2) is 34.8 Å². The Labute approximate surface area is 189 Å². The van der Waals surface area contributed by atoms with Crippen LogP contribution in [0.1, 0.15) is 35.2 Å². The number of rotatable bonds is 4. The normalized spacial score (nSPS) is 13.7. The van der Waals surface area contributed by atoms with Gasteiger partial charge < -0.3 is 15.0 Å². The van der Waals surface area contributed by atoms with Crippen LogP contribution in [-0.4, -0.2) is 31.2 Å². The Kier molecular flexibility index (Phi) is 7.38. The van der Waals surface area contributed by atoms with E-state index in [1.54, 1.807) is 13.2 Å². The van der Waals surface area contributed by atoms with E-state index in [1.807, 2.05) is 31.2 Å². The lowest BCUT2D eigenvalue weighted by atomic mass is 10.1. The van der Waals surface area contributed by atoms with Crippen LogP contribution in [0.25, 0.3) is 0 Å². The van der Waals surface area contributed by atoms with E-state index < -0.39 is 0 Å². The summed E-state index contributed by atoms with van der Waals surface area (Å²) in [6.07, 6.45) is 3.49. The van der Waals surface area contributed by atoms with E-state index in [9.17, 15) is 4.79 Å². The van der Waals surface area contributed by atoms with Gasteiger partial charge in [0.2, 0.25) is 0 Å².